The molecule has 4 nitrogen and oxygen atoms in total. The van der Waals surface area contributed by atoms with E-state index in [1.165, 1.54) is 24.3 Å². The standard InChI is InChI=1S/C15H12ClF2NO3S/c16-13-6-5-12(23-13)11(20)4-7-14(21)19-9-2-1-3-10(8-9)22-15(17)18/h1-3,5-6,8,15H,4,7H2,(H,19,21). The summed E-state index contributed by atoms with van der Waals surface area (Å²) in [6.45, 7) is -2.93. The lowest BCUT2D eigenvalue weighted by Gasteiger charge is -2.08. The van der Waals surface area contributed by atoms with E-state index < -0.39 is 12.5 Å². The molecule has 1 aromatic heterocycles. The topological polar surface area (TPSA) is 55.4 Å². The Labute approximate surface area is 140 Å². The molecule has 0 radical (unpaired) electrons. The lowest BCUT2D eigenvalue weighted by atomic mass is 10.2. The van der Waals surface area contributed by atoms with E-state index in [0.29, 0.717) is 14.9 Å². The van der Waals surface area contributed by atoms with Crippen molar-refractivity contribution in [1.82, 2.24) is 0 Å². The fourth-order valence-electron chi connectivity index (χ4n) is 1.79. The van der Waals surface area contributed by atoms with Gasteiger partial charge in [-0.25, -0.2) is 0 Å². The zero-order chi connectivity index (χ0) is 16.8. The van der Waals surface area contributed by atoms with Crippen molar-refractivity contribution < 1.29 is 23.1 Å². The van der Waals surface area contributed by atoms with Crippen LogP contribution in [-0.4, -0.2) is 18.3 Å². The number of Topliss-reactive ketones (excluding diaryl/α,β-unsaturated/α-hetero) is 1. The van der Waals surface area contributed by atoms with Gasteiger partial charge in [0.2, 0.25) is 5.91 Å². The van der Waals surface area contributed by atoms with Crippen LogP contribution in [0.15, 0.2) is 36.4 Å². The van der Waals surface area contributed by atoms with Crippen molar-refractivity contribution in [2.75, 3.05) is 5.32 Å². The monoisotopic (exact) mass is 359 g/mol. The first-order valence-corrected chi connectivity index (χ1v) is 7.77. The zero-order valence-electron chi connectivity index (χ0n) is 11.7. The van der Waals surface area contributed by atoms with Gasteiger partial charge in [0.05, 0.1) is 9.21 Å². The van der Waals surface area contributed by atoms with Gasteiger partial charge in [-0.2, -0.15) is 8.78 Å². The Bertz CT molecular complexity index is 706. The van der Waals surface area contributed by atoms with E-state index in [1.807, 2.05) is 0 Å². The number of hydrogen-bond donors (Lipinski definition) is 1. The molecule has 2 aromatic rings. The highest BCUT2D eigenvalue weighted by molar-refractivity contribution is 7.18. The molecular weight excluding hydrogens is 348 g/mol. The van der Waals surface area contributed by atoms with Crippen LogP contribution in [0, 0.1) is 0 Å². The molecule has 1 aromatic carbocycles. The number of rotatable bonds is 7. The summed E-state index contributed by atoms with van der Waals surface area (Å²) in [6, 6.07) is 8.88. The van der Waals surface area contributed by atoms with Gasteiger partial charge in [0.1, 0.15) is 5.75 Å². The van der Waals surface area contributed by atoms with Crippen molar-refractivity contribution in [1.29, 1.82) is 0 Å². The van der Waals surface area contributed by atoms with Crippen LogP contribution >= 0.6 is 22.9 Å². The van der Waals surface area contributed by atoms with Gasteiger partial charge >= 0.3 is 6.61 Å². The maximum atomic E-state index is 12.1. The number of ketones is 1. The summed E-state index contributed by atoms with van der Waals surface area (Å²) in [5.74, 6) is -0.621. The van der Waals surface area contributed by atoms with Gasteiger partial charge in [-0.3, -0.25) is 9.59 Å². The summed E-state index contributed by atoms with van der Waals surface area (Å²) in [7, 11) is 0. The third-order valence-corrected chi connectivity index (χ3v) is 4.04. The minimum atomic E-state index is -2.93. The summed E-state index contributed by atoms with van der Waals surface area (Å²) in [5, 5.41) is 2.53. The van der Waals surface area contributed by atoms with E-state index >= 15 is 0 Å². The molecule has 1 amide bonds. The molecule has 0 aliphatic heterocycles. The van der Waals surface area contributed by atoms with Gasteiger partial charge in [0.15, 0.2) is 5.78 Å². The number of nitrogens with one attached hydrogen (secondary N) is 1. The summed E-state index contributed by atoms with van der Waals surface area (Å²) in [4.78, 5) is 24.2. The highest BCUT2D eigenvalue weighted by Gasteiger charge is 2.12. The van der Waals surface area contributed by atoms with E-state index in [9.17, 15) is 18.4 Å². The zero-order valence-corrected chi connectivity index (χ0v) is 13.3. The summed E-state index contributed by atoms with van der Waals surface area (Å²) < 4.78 is 29.0. The van der Waals surface area contributed by atoms with E-state index in [4.69, 9.17) is 11.6 Å². The van der Waals surface area contributed by atoms with E-state index in [2.05, 4.69) is 10.1 Å². The van der Waals surface area contributed by atoms with Crippen molar-refractivity contribution in [3.8, 4) is 5.75 Å². The van der Waals surface area contributed by atoms with Gasteiger partial charge in [-0.05, 0) is 24.3 Å². The second-order valence-electron chi connectivity index (χ2n) is 4.48. The van der Waals surface area contributed by atoms with Gasteiger partial charge < -0.3 is 10.1 Å². The Morgan fingerprint density at radius 1 is 1.22 bits per heavy atom. The van der Waals surface area contributed by atoms with Crippen LogP contribution < -0.4 is 10.1 Å². The van der Waals surface area contributed by atoms with Crippen molar-refractivity contribution >= 4 is 40.3 Å². The van der Waals surface area contributed by atoms with E-state index in [0.717, 1.165) is 11.3 Å². The molecule has 1 heterocycles. The molecule has 122 valence electrons. The number of carbonyl (C=O) groups excluding carboxylic acids is 2. The number of ether oxygens (including phenoxy) is 1. The van der Waals surface area contributed by atoms with E-state index in [1.54, 1.807) is 12.1 Å². The van der Waals surface area contributed by atoms with Crippen molar-refractivity contribution in [2.45, 2.75) is 19.5 Å². The van der Waals surface area contributed by atoms with Crippen molar-refractivity contribution in [3.63, 3.8) is 0 Å². The maximum absolute atomic E-state index is 12.1. The lowest BCUT2D eigenvalue weighted by Crippen LogP contribution is -2.13. The second kappa shape index (κ2) is 8.03. The van der Waals surface area contributed by atoms with Crippen LogP contribution in [0.4, 0.5) is 14.5 Å². The molecule has 0 fully saturated rings. The number of thiophene rings is 1. The van der Waals surface area contributed by atoms with E-state index in [-0.39, 0.29) is 24.4 Å². The third kappa shape index (κ3) is 5.61. The normalized spacial score (nSPS) is 10.6. The van der Waals surface area contributed by atoms with Crippen LogP contribution in [0.1, 0.15) is 22.5 Å². The van der Waals surface area contributed by atoms with Gasteiger partial charge in [-0.15, -0.1) is 11.3 Å². The molecule has 1 N–H and O–H groups in total. The fraction of sp³-hybridized carbons (Fsp3) is 0.200. The Hall–Kier alpha value is -1.99. The predicted octanol–water partition coefficient (Wildman–Crippen LogP) is 4.60. The first-order chi connectivity index (χ1) is 10.9. The SMILES string of the molecule is O=C(CCC(=O)c1ccc(Cl)s1)Nc1cccc(OC(F)F)c1. The predicted molar refractivity (Wildman–Crippen MR) is 84.6 cm³/mol. The number of halogens is 3. The summed E-state index contributed by atoms with van der Waals surface area (Å²) in [5.41, 5.74) is 0.319. The smallest absolute Gasteiger partial charge is 0.387 e. The minimum Gasteiger partial charge on any atom is -0.435 e. The van der Waals surface area contributed by atoms with Crippen LogP contribution in [0.2, 0.25) is 4.34 Å². The maximum Gasteiger partial charge on any atom is 0.387 e. The Morgan fingerprint density at radius 3 is 2.65 bits per heavy atom. The number of alkyl halides is 2. The first-order valence-electron chi connectivity index (χ1n) is 6.57. The molecule has 0 spiro atoms. The largest absolute Gasteiger partial charge is 0.435 e. The minimum absolute atomic E-state index is 0.0196. The number of hydrogen-bond acceptors (Lipinski definition) is 4. The fourth-order valence-corrected chi connectivity index (χ4v) is 2.80. The molecular formula is C15H12ClF2NO3S. The Morgan fingerprint density at radius 2 is 2.00 bits per heavy atom. The Balaban J connectivity index is 1.86. The molecule has 8 heteroatoms. The molecule has 0 unspecified atom stereocenters. The quantitative estimate of drug-likeness (QED) is 0.735. The van der Waals surface area contributed by atoms with Crippen LogP contribution in [-0.2, 0) is 4.79 Å². The molecule has 0 atom stereocenters. The van der Waals surface area contributed by atoms with Gasteiger partial charge in [0, 0.05) is 24.6 Å². The van der Waals surface area contributed by atoms with Crippen molar-refractivity contribution in [2.24, 2.45) is 0 Å². The average Bonchev–Trinajstić information content (AvgIpc) is 2.91. The first kappa shape index (κ1) is 17.4. The van der Waals surface area contributed by atoms with Crippen LogP contribution in [0.25, 0.3) is 0 Å². The number of amides is 1. The molecule has 0 saturated heterocycles. The number of anilines is 1. The summed E-state index contributed by atoms with van der Waals surface area (Å²) in [6.07, 6.45) is 0.0180. The highest BCUT2D eigenvalue weighted by atomic mass is 35.5. The van der Waals surface area contributed by atoms with Gasteiger partial charge in [-0.1, -0.05) is 17.7 Å². The molecule has 0 aliphatic carbocycles. The molecule has 0 bridgehead atoms. The van der Waals surface area contributed by atoms with Gasteiger partial charge in [0.25, 0.3) is 0 Å². The molecule has 0 aliphatic rings. The highest BCUT2D eigenvalue weighted by Crippen LogP contribution is 2.23. The molecule has 2 rings (SSSR count). The number of benzene rings is 1. The average molecular weight is 360 g/mol. The number of carbonyl (C=O) groups is 2. The lowest BCUT2D eigenvalue weighted by molar-refractivity contribution is -0.116. The van der Waals surface area contributed by atoms with Crippen molar-refractivity contribution in [3.05, 3.63) is 45.6 Å². The molecule has 0 saturated carbocycles. The molecule has 23 heavy (non-hydrogen) atoms. The van der Waals surface area contributed by atoms with Crippen LogP contribution in [0.5, 0.6) is 5.75 Å². The Kier molecular flexibility index (Phi) is 6.06. The summed E-state index contributed by atoms with van der Waals surface area (Å²) >= 11 is 6.90. The van der Waals surface area contributed by atoms with Crippen LogP contribution in [0.3, 0.4) is 0 Å². The third-order valence-electron chi connectivity index (χ3n) is 2.77. The second-order valence-corrected chi connectivity index (χ2v) is 6.20.